The molecule has 0 radical (unpaired) electrons. The summed E-state index contributed by atoms with van der Waals surface area (Å²) in [6, 6.07) is 8.54. The summed E-state index contributed by atoms with van der Waals surface area (Å²) in [5.41, 5.74) is 1.91. The molecule has 1 aliphatic heterocycles. The summed E-state index contributed by atoms with van der Waals surface area (Å²) in [6.07, 6.45) is 5.69. The predicted molar refractivity (Wildman–Crippen MR) is 97.0 cm³/mol. The Morgan fingerprint density at radius 1 is 1.12 bits per heavy atom. The third-order valence-electron chi connectivity index (χ3n) is 6.39. The number of nitrogens with zero attached hydrogens (tertiary/aromatic N) is 2. The lowest BCUT2D eigenvalue weighted by atomic mass is 9.93. The summed E-state index contributed by atoms with van der Waals surface area (Å²) < 4.78 is 0. The smallest absolute Gasteiger partial charge is 0.317 e. The number of urea groups is 1. The minimum atomic E-state index is 0.0296. The second-order valence-electron chi connectivity index (χ2n) is 7.90. The highest BCUT2D eigenvalue weighted by molar-refractivity contribution is 5.74. The van der Waals surface area contributed by atoms with E-state index in [0.717, 1.165) is 55.2 Å². The Kier molecular flexibility index (Phi) is 4.95. The molecule has 2 N–H and O–H groups in total. The van der Waals surface area contributed by atoms with Crippen molar-refractivity contribution in [1.82, 2.24) is 15.1 Å². The van der Waals surface area contributed by atoms with Crippen LogP contribution in [0.15, 0.2) is 24.3 Å². The van der Waals surface area contributed by atoms with Gasteiger partial charge >= 0.3 is 6.03 Å². The van der Waals surface area contributed by atoms with Gasteiger partial charge in [-0.3, -0.25) is 4.90 Å². The number of hydrogen-bond donors (Lipinski definition) is 2. The van der Waals surface area contributed by atoms with Crippen LogP contribution in [0.2, 0.25) is 0 Å². The second-order valence-corrected chi connectivity index (χ2v) is 7.90. The Balaban J connectivity index is 1.24. The lowest BCUT2D eigenvalue weighted by Gasteiger charge is -2.41. The van der Waals surface area contributed by atoms with E-state index in [1.807, 2.05) is 29.2 Å². The number of fused-ring (bicyclic) bond motifs is 2. The van der Waals surface area contributed by atoms with Crippen LogP contribution in [0.1, 0.15) is 36.8 Å². The number of carbonyl (C=O) groups excluding carboxylic acids is 1. The zero-order valence-electron chi connectivity index (χ0n) is 14.9. The number of benzene rings is 1. The van der Waals surface area contributed by atoms with E-state index in [-0.39, 0.29) is 12.6 Å². The average molecular weight is 343 g/mol. The standard InChI is InChI=1S/C20H29N3O2/c24-14-17-3-1-2-16(10-17)13-21-20(25)23-8-6-22(7-9-23)19-12-15-4-5-18(19)11-15/h1-3,10,15,18-19,24H,4-9,11-14H2,(H,21,25)/t15-,18-,19+/m0/s1. The Labute approximate surface area is 150 Å². The van der Waals surface area contributed by atoms with Gasteiger partial charge in [-0.25, -0.2) is 4.79 Å². The van der Waals surface area contributed by atoms with Gasteiger partial charge in [-0.15, -0.1) is 0 Å². The van der Waals surface area contributed by atoms with Crippen molar-refractivity contribution in [3.05, 3.63) is 35.4 Å². The number of hydrogen-bond acceptors (Lipinski definition) is 3. The van der Waals surface area contributed by atoms with E-state index in [1.54, 1.807) is 0 Å². The molecule has 0 spiro atoms. The van der Waals surface area contributed by atoms with Crippen LogP contribution in [-0.2, 0) is 13.2 Å². The first-order valence-corrected chi connectivity index (χ1v) is 9.68. The Morgan fingerprint density at radius 2 is 1.92 bits per heavy atom. The van der Waals surface area contributed by atoms with Crippen LogP contribution in [-0.4, -0.2) is 53.2 Å². The van der Waals surface area contributed by atoms with Crippen molar-refractivity contribution in [3.8, 4) is 0 Å². The van der Waals surface area contributed by atoms with Gasteiger partial charge in [0.05, 0.1) is 6.61 Å². The quantitative estimate of drug-likeness (QED) is 0.881. The molecular formula is C20H29N3O2. The molecular weight excluding hydrogens is 314 g/mol. The van der Waals surface area contributed by atoms with Crippen molar-refractivity contribution in [2.45, 2.75) is 44.9 Å². The number of aliphatic hydroxyl groups excluding tert-OH is 1. The van der Waals surface area contributed by atoms with E-state index in [2.05, 4.69) is 10.2 Å². The lowest BCUT2D eigenvalue weighted by molar-refractivity contribution is 0.0826. The normalized spacial score (nSPS) is 29.2. The van der Waals surface area contributed by atoms with Crippen molar-refractivity contribution in [3.63, 3.8) is 0 Å². The van der Waals surface area contributed by atoms with Gasteiger partial charge in [-0.2, -0.15) is 0 Å². The van der Waals surface area contributed by atoms with Gasteiger partial charge in [0.25, 0.3) is 0 Å². The first-order chi connectivity index (χ1) is 12.2. The van der Waals surface area contributed by atoms with E-state index >= 15 is 0 Å². The van der Waals surface area contributed by atoms with Crippen molar-refractivity contribution in [2.75, 3.05) is 26.2 Å². The van der Waals surface area contributed by atoms with E-state index in [9.17, 15) is 9.90 Å². The Bertz CT molecular complexity index is 613. The number of amides is 2. The molecule has 1 heterocycles. The molecule has 25 heavy (non-hydrogen) atoms. The van der Waals surface area contributed by atoms with E-state index in [1.165, 1.54) is 25.7 Å². The fourth-order valence-electron chi connectivity index (χ4n) is 5.04. The topological polar surface area (TPSA) is 55.8 Å². The van der Waals surface area contributed by atoms with Crippen LogP contribution in [0.5, 0.6) is 0 Å². The molecule has 2 aliphatic carbocycles. The molecule has 5 heteroatoms. The minimum absolute atomic E-state index is 0.0296. The van der Waals surface area contributed by atoms with Crippen LogP contribution < -0.4 is 5.32 Å². The SMILES string of the molecule is O=C(NCc1cccc(CO)c1)N1CCN([C@@H]2C[C@H]3CC[C@H]2C3)CC1. The summed E-state index contributed by atoms with van der Waals surface area (Å²) in [5, 5.41) is 12.2. The number of nitrogens with one attached hydrogen (secondary N) is 1. The molecule has 0 aromatic heterocycles. The van der Waals surface area contributed by atoms with Crippen molar-refractivity contribution in [2.24, 2.45) is 11.8 Å². The molecule has 5 nitrogen and oxygen atoms in total. The first kappa shape index (κ1) is 16.9. The van der Waals surface area contributed by atoms with Gasteiger partial charge in [0.15, 0.2) is 0 Å². The third kappa shape index (κ3) is 3.67. The Hall–Kier alpha value is -1.59. The van der Waals surface area contributed by atoms with Gasteiger partial charge in [-0.05, 0) is 42.2 Å². The predicted octanol–water partition coefficient (Wildman–Crippen LogP) is 2.19. The van der Waals surface area contributed by atoms with Gasteiger partial charge in [0, 0.05) is 38.8 Å². The number of aliphatic hydroxyl groups is 1. The van der Waals surface area contributed by atoms with Crippen LogP contribution in [0.4, 0.5) is 4.79 Å². The maximum absolute atomic E-state index is 12.4. The van der Waals surface area contributed by atoms with Crippen molar-refractivity contribution >= 4 is 6.03 Å². The molecule has 2 amide bonds. The van der Waals surface area contributed by atoms with Crippen LogP contribution in [0.25, 0.3) is 0 Å². The molecule has 1 saturated heterocycles. The molecule has 2 bridgehead atoms. The van der Waals surface area contributed by atoms with E-state index < -0.39 is 0 Å². The minimum Gasteiger partial charge on any atom is -0.392 e. The van der Waals surface area contributed by atoms with Crippen LogP contribution >= 0.6 is 0 Å². The van der Waals surface area contributed by atoms with E-state index in [4.69, 9.17) is 0 Å². The van der Waals surface area contributed by atoms with Crippen LogP contribution in [0.3, 0.4) is 0 Å². The molecule has 136 valence electrons. The van der Waals surface area contributed by atoms with E-state index in [0.29, 0.717) is 6.54 Å². The Morgan fingerprint density at radius 3 is 2.60 bits per heavy atom. The lowest BCUT2D eigenvalue weighted by Crippen LogP contribution is -2.55. The molecule has 3 fully saturated rings. The zero-order chi connectivity index (χ0) is 17.2. The molecule has 1 aromatic carbocycles. The summed E-state index contributed by atoms with van der Waals surface area (Å²) >= 11 is 0. The molecule has 0 unspecified atom stereocenters. The largest absolute Gasteiger partial charge is 0.392 e. The fourth-order valence-corrected chi connectivity index (χ4v) is 5.04. The van der Waals surface area contributed by atoms with Crippen molar-refractivity contribution < 1.29 is 9.90 Å². The first-order valence-electron chi connectivity index (χ1n) is 9.68. The van der Waals surface area contributed by atoms with Gasteiger partial charge in [0.2, 0.25) is 0 Å². The molecule has 3 aliphatic rings. The maximum Gasteiger partial charge on any atom is 0.317 e. The second kappa shape index (κ2) is 7.34. The van der Waals surface area contributed by atoms with Gasteiger partial charge in [-0.1, -0.05) is 30.7 Å². The summed E-state index contributed by atoms with van der Waals surface area (Å²) in [4.78, 5) is 17.0. The fraction of sp³-hybridized carbons (Fsp3) is 0.650. The highest BCUT2D eigenvalue weighted by atomic mass is 16.3. The molecule has 2 saturated carbocycles. The summed E-state index contributed by atoms with van der Waals surface area (Å²) in [7, 11) is 0. The maximum atomic E-state index is 12.4. The van der Waals surface area contributed by atoms with Crippen molar-refractivity contribution in [1.29, 1.82) is 0 Å². The number of piperazine rings is 1. The average Bonchev–Trinajstić information content (AvgIpc) is 3.30. The molecule has 3 atom stereocenters. The van der Waals surface area contributed by atoms with Crippen LogP contribution in [0, 0.1) is 11.8 Å². The highest BCUT2D eigenvalue weighted by Gasteiger charge is 2.42. The number of carbonyl (C=O) groups is 1. The number of rotatable bonds is 4. The monoisotopic (exact) mass is 343 g/mol. The van der Waals surface area contributed by atoms with Gasteiger partial charge < -0.3 is 15.3 Å². The summed E-state index contributed by atoms with van der Waals surface area (Å²) in [5.74, 6) is 1.90. The zero-order valence-corrected chi connectivity index (χ0v) is 14.9. The highest BCUT2D eigenvalue weighted by Crippen LogP contribution is 2.46. The third-order valence-corrected chi connectivity index (χ3v) is 6.39. The summed E-state index contributed by atoms with van der Waals surface area (Å²) in [6.45, 7) is 4.24. The van der Waals surface area contributed by atoms with Gasteiger partial charge in [0.1, 0.15) is 0 Å². The molecule has 1 aromatic rings. The molecule has 4 rings (SSSR count).